The lowest BCUT2D eigenvalue weighted by Crippen LogP contribution is -2.62. The second-order valence-corrected chi connectivity index (χ2v) is 11.4. The van der Waals surface area contributed by atoms with E-state index in [0.717, 1.165) is 27.2 Å². The molecule has 0 radical (unpaired) electrons. The van der Waals surface area contributed by atoms with Crippen LogP contribution in [0.15, 0.2) is 66.9 Å². The Kier molecular flexibility index (Phi) is 6.66. The van der Waals surface area contributed by atoms with E-state index in [0.29, 0.717) is 17.8 Å². The molecule has 10 heteroatoms. The van der Waals surface area contributed by atoms with E-state index in [2.05, 4.69) is 15.6 Å². The van der Waals surface area contributed by atoms with Gasteiger partial charge in [0.1, 0.15) is 12.0 Å². The number of anilines is 1. The highest BCUT2D eigenvalue weighted by molar-refractivity contribution is 6.07. The second kappa shape index (κ2) is 9.95. The Bertz CT molecular complexity index is 1500. The summed E-state index contributed by atoms with van der Waals surface area (Å²) < 4.78 is 40.5. The Labute approximate surface area is 235 Å². The topological polar surface area (TPSA) is 94.6 Å². The number of amides is 2. The number of aromatic nitrogens is 1. The summed E-state index contributed by atoms with van der Waals surface area (Å²) in [4.78, 5) is 32.0. The minimum Gasteiger partial charge on any atom is -0.376 e. The van der Waals surface area contributed by atoms with E-state index in [1.54, 1.807) is 31.3 Å². The number of fused-ring (bicyclic) bond motifs is 3. The maximum atomic E-state index is 13.5. The molecule has 3 aromatic rings. The summed E-state index contributed by atoms with van der Waals surface area (Å²) in [6.07, 6.45) is -3.73. The lowest BCUT2D eigenvalue weighted by atomic mass is 9.73. The number of pyridine rings is 1. The fourth-order valence-corrected chi connectivity index (χ4v) is 7.09. The van der Waals surface area contributed by atoms with Gasteiger partial charge in [-0.3, -0.25) is 14.5 Å². The SMILES string of the molecule is C[C@@H]1[C@H](c2ccccc2)C[C@H](NC(=O)c2ccc3c(c2)C[C@@]2(C(=O)Nc4ncccc42)[C@H]3C)C(O)N1CC(F)(F)F. The van der Waals surface area contributed by atoms with E-state index in [1.165, 1.54) is 0 Å². The van der Waals surface area contributed by atoms with E-state index in [1.807, 2.05) is 49.4 Å². The van der Waals surface area contributed by atoms with Crippen LogP contribution >= 0.6 is 0 Å². The van der Waals surface area contributed by atoms with E-state index >= 15 is 0 Å². The number of aliphatic hydroxyl groups excluding tert-OH is 1. The Balaban J connectivity index is 1.26. The summed E-state index contributed by atoms with van der Waals surface area (Å²) in [5.41, 5.74) is 2.99. The number of carbonyl (C=O) groups is 2. The van der Waals surface area contributed by atoms with E-state index in [-0.39, 0.29) is 24.2 Å². The smallest absolute Gasteiger partial charge is 0.376 e. The Hall–Kier alpha value is -3.76. The number of piperidine rings is 1. The van der Waals surface area contributed by atoms with Crippen molar-refractivity contribution in [1.29, 1.82) is 0 Å². The first-order valence-corrected chi connectivity index (χ1v) is 13.8. The van der Waals surface area contributed by atoms with Gasteiger partial charge in [-0.05, 0) is 54.7 Å². The minimum absolute atomic E-state index is 0.128. The number of hydrogen-bond acceptors (Lipinski definition) is 5. The minimum atomic E-state index is -4.52. The average molecular weight is 565 g/mol. The van der Waals surface area contributed by atoms with Gasteiger partial charge in [-0.15, -0.1) is 0 Å². The molecule has 2 aromatic carbocycles. The van der Waals surface area contributed by atoms with Crippen molar-refractivity contribution in [2.45, 2.75) is 68.4 Å². The van der Waals surface area contributed by atoms with Crippen molar-refractivity contribution in [1.82, 2.24) is 15.2 Å². The number of nitrogens with zero attached hydrogens (tertiary/aromatic N) is 2. The molecule has 7 nitrogen and oxygen atoms in total. The van der Waals surface area contributed by atoms with Crippen LogP contribution in [-0.2, 0) is 16.6 Å². The van der Waals surface area contributed by atoms with Crippen LogP contribution in [0.1, 0.15) is 64.7 Å². The molecule has 3 heterocycles. The molecule has 2 amide bonds. The fourth-order valence-electron chi connectivity index (χ4n) is 7.09. The lowest BCUT2D eigenvalue weighted by Gasteiger charge is -2.47. The van der Waals surface area contributed by atoms with Crippen LogP contribution in [-0.4, -0.2) is 57.8 Å². The molecule has 3 aliphatic rings. The Morgan fingerprint density at radius 2 is 1.90 bits per heavy atom. The summed E-state index contributed by atoms with van der Waals surface area (Å²) in [6.45, 7) is 2.38. The molecular formula is C31H31F3N4O3. The first kappa shape index (κ1) is 27.4. The van der Waals surface area contributed by atoms with E-state index in [4.69, 9.17) is 0 Å². The highest BCUT2D eigenvalue weighted by Crippen LogP contribution is 2.54. The lowest BCUT2D eigenvalue weighted by molar-refractivity contribution is -0.187. The molecule has 1 saturated heterocycles. The van der Waals surface area contributed by atoms with E-state index < -0.39 is 42.4 Å². The molecule has 0 saturated carbocycles. The molecule has 6 rings (SSSR count). The number of carbonyl (C=O) groups excluding carboxylic acids is 2. The van der Waals surface area contributed by atoms with Gasteiger partial charge in [0.15, 0.2) is 0 Å². The molecule has 1 fully saturated rings. The number of likely N-dealkylation sites (tertiary alicyclic amines) is 1. The zero-order valence-corrected chi connectivity index (χ0v) is 22.7. The number of benzene rings is 2. The zero-order valence-electron chi connectivity index (χ0n) is 22.7. The third kappa shape index (κ3) is 4.59. The number of aliphatic hydroxyl groups is 1. The number of hydrogen-bond donors (Lipinski definition) is 3. The van der Waals surface area contributed by atoms with Crippen molar-refractivity contribution in [3.63, 3.8) is 0 Å². The molecule has 0 bridgehead atoms. The van der Waals surface area contributed by atoms with Gasteiger partial charge >= 0.3 is 6.18 Å². The molecule has 1 aliphatic carbocycles. The van der Waals surface area contributed by atoms with Crippen LogP contribution in [0.4, 0.5) is 19.0 Å². The highest BCUT2D eigenvalue weighted by atomic mass is 19.4. The van der Waals surface area contributed by atoms with Crippen LogP contribution in [0.2, 0.25) is 0 Å². The Morgan fingerprint density at radius 3 is 2.63 bits per heavy atom. The largest absolute Gasteiger partial charge is 0.401 e. The summed E-state index contributed by atoms with van der Waals surface area (Å²) in [6, 6.07) is 16.6. The summed E-state index contributed by atoms with van der Waals surface area (Å²) >= 11 is 0. The summed E-state index contributed by atoms with van der Waals surface area (Å²) in [5, 5.41) is 16.7. The predicted octanol–water partition coefficient (Wildman–Crippen LogP) is 4.49. The third-order valence-electron chi connectivity index (χ3n) is 9.22. The van der Waals surface area contributed by atoms with Crippen LogP contribution in [0, 0.1) is 0 Å². The molecule has 6 atom stereocenters. The number of nitrogens with one attached hydrogen (secondary N) is 2. The first-order chi connectivity index (χ1) is 19.5. The maximum absolute atomic E-state index is 13.5. The van der Waals surface area contributed by atoms with E-state index in [9.17, 15) is 27.9 Å². The molecule has 214 valence electrons. The quantitative estimate of drug-likeness (QED) is 0.434. The standard InChI is InChI=1S/C31H31F3N4O3/c1-17-22-11-10-20(13-21(22)15-30(17)24-9-6-12-35-26(24)37-29(30)41)27(39)36-25-14-23(19-7-4-3-5-8-19)18(2)38(28(25)40)16-31(32,33)34/h3-13,17-18,23,25,28,40H,14-16H2,1-2H3,(H,36,39)(H,35,37,41)/t17-,18+,23+,25-,28?,30+/m0/s1. The van der Waals surface area contributed by atoms with Crippen molar-refractivity contribution >= 4 is 17.6 Å². The van der Waals surface area contributed by atoms with Crippen LogP contribution in [0.5, 0.6) is 0 Å². The van der Waals surface area contributed by atoms with Gasteiger partial charge in [0.05, 0.1) is 18.0 Å². The van der Waals surface area contributed by atoms with Gasteiger partial charge in [-0.25, -0.2) is 4.98 Å². The first-order valence-electron chi connectivity index (χ1n) is 13.8. The normalized spacial score (nSPS) is 29.2. The molecule has 1 unspecified atom stereocenters. The van der Waals surface area contributed by atoms with Gasteiger partial charge in [0, 0.05) is 35.2 Å². The van der Waals surface area contributed by atoms with Gasteiger partial charge in [-0.2, -0.15) is 13.2 Å². The van der Waals surface area contributed by atoms with Crippen LogP contribution in [0.3, 0.4) is 0 Å². The van der Waals surface area contributed by atoms with Gasteiger partial charge < -0.3 is 15.7 Å². The number of halogens is 3. The number of alkyl halides is 3. The highest BCUT2D eigenvalue weighted by Gasteiger charge is 2.55. The van der Waals surface area contributed by atoms with Crippen molar-refractivity contribution < 1.29 is 27.9 Å². The van der Waals surface area contributed by atoms with Crippen molar-refractivity contribution in [3.8, 4) is 0 Å². The monoisotopic (exact) mass is 564 g/mol. The predicted molar refractivity (Wildman–Crippen MR) is 146 cm³/mol. The van der Waals surface area contributed by atoms with Gasteiger partial charge in [0.25, 0.3) is 5.91 Å². The molecule has 2 aliphatic heterocycles. The summed E-state index contributed by atoms with van der Waals surface area (Å²) in [7, 11) is 0. The molecule has 1 spiro atoms. The Morgan fingerprint density at radius 1 is 1.15 bits per heavy atom. The van der Waals surface area contributed by atoms with Crippen molar-refractivity contribution in [2.75, 3.05) is 11.9 Å². The molecule has 41 heavy (non-hydrogen) atoms. The fraction of sp³-hybridized carbons (Fsp3) is 0.387. The maximum Gasteiger partial charge on any atom is 0.401 e. The average Bonchev–Trinajstić information content (AvgIpc) is 3.40. The van der Waals surface area contributed by atoms with Crippen molar-refractivity contribution in [3.05, 3.63) is 94.7 Å². The molecule has 1 aromatic heterocycles. The number of rotatable bonds is 4. The third-order valence-corrected chi connectivity index (χ3v) is 9.22. The molecule has 3 N–H and O–H groups in total. The molecular weight excluding hydrogens is 533 g/mol. The van der Waals surface area contributed by atoms with Gasteiger partial charge in [0.2, 0.25) is 5.91 Å². The van der Waals surface area contributed by atoms with Gasteiger partial charge in [-0.1, -0.05) is 49.4 Å². The zero-order chi connectivity index (χ0) is 29.1. The van der Waals surface area contributed by atoms with Crippen LogP contribution in [0.25, 0.3) is 0 Å². The summed E-state index contributed by atoms with van der Waals surface area (Å²) in [5.74, 6) is -0.549. The second-order valence-electron chi connectivity index (χ2n) is 11.4. The van der Waals surface area contributed by atoms with Crippen molar-refractivity contribution in [2.24, 2.45) is 0 Å². The van der Waals surface area contributed by atoms with Crippen LogP contribution < -0.4 is 10.6 Å².